The zero-order chi connectivity index (χ0) is 12.4. The van der Waals surface area contributed by atoms with Gasteiger partial charge in [0, 0.05) is 5.02 Å². The Morgan fingerprint density at radius 3 is 2.59 bits per heavy atom. The number of hydrogen-bond donors (Lipinski definition) is 1. The predicted octanol–water partition coefficient (Wildman–Crippen LogP) is 0.964. The molecule has 1 aromatic rings. The number of carbonyl (C=O) groups is 1. The van der Waals surface area contributed by atoms with E-state index in [9.17, 15) is 4.79 Å². The second-order valence-corrected chi connectivity index (χ2v) is 5.22. The average molecular weight is 274 g/mol. The molecule has 1 aromatic carbocycles. The van der Waals surface area contributed by atoms with Gasteiger partial charge in [-0.25, -0.2) is 0 Å². The van der Waals surface area contributed by atoms with Gasteiger partial charge in [0.1, 0.15) is 0 Å². The smallest absolute Gasteiger partial charge is 0.255 e. The molecule has 1 heterocycles. The van der Waals surface area contributed by atoms with Gasteiger partial charge < -0.3 is 9.80 Å². The first-order valence-corrected chi connectivity index (χ1v) is 6.39. The molecular formula is C12H15Cl2N2O+. The first kappa shape index (κ1) is 12.7. The molecule has 0 spiro atoms. The summed E-state index contributed by atoms with van der Waals surface area (Å²) in [7, 11) is 2.13. The van der Waals surface area contributed by atoms with Crippen LogP contribution in [-0.4, -0.2) is 44.0 Å². The molecule has 0 radical (unpaired) electrons. The number of carbonyl (C=O) groups excluding carboxylic acids is 1. The van der Waals surface area contributed by atoms with E-state index in [1.54, 1.807) is 18.2 Å². The number of benzene rings is 1. The fourth-order valence-corrected chi connectivity index (χ4v) is 2.29. The van der Waals surface area contributed by atoms with Crippen LogP contribution in [0.3, 0.4) is 0 Å². The lowest BCUT2D eigenvalue weighted by Gasteiger charge is -2.30. The summed E-state index contributed by atoms with van der Waals surface area (Å²) in [6.07, 6.45) is 0. The molecule has 3 nitrogen and oxygen atoms in total. The summed E-state index contributed by atoms with van der Waals surface area (Å²) in [4.78, 5) is 15.5. The largest absolute Gasteiger partial charge is 0.334 e. The second kappa shape index (κ2) is 5.25. The SMILES string of the molecule is C[NH+]1CCN(C(=O)c2cc(Cl)ccc2Cl)CC1. The van der Waals surface area contributed by atoms with Gasteiger partial charge in [-0.3, -0.25) is 4.79 Å². The Balaban J connectivity index is 2.16. The molecule has 0 aromatic heterocycles. The zero-order valence-corrected chi connectivity index (χ0v) is 11.2. The molecule has 1 aliphatic heterocycles. The Morgan fingerprint density at radius 2 is 1.94 bits per heavy atom. The number of halogens is 2. The molecular weight excluding hydrogens is 259 g/mol. The molecule has 17 heavy (non-hydrogen) atoms. The van der Waals surface area contributed by atoms with Crippen LogP contribution in [0.25, 0.3) is 0 Å². The number of quaternary nitrogens is 1. The lowest BCUT2D eigenvalue weighted by Crippen LogP contribution is -3.12. The number of nitrogens with zero attached hydrogens (tertiary/aromatic N) is 1. The van der Waals surface area contributed by atoms with Gasteiger partial charge in [0.05, 0.1) is 43.8 Å². The van der Waals surface area contributed by atoms with Crippen molar-refractivity contribution >= 4 is 29.1 Å². The highest BCUT2D eigenvalue weighted by atomic mass is 35.5. The number of piperazine rings is 1. The Hall–Kier alpha value is -0.770. The molecule has 0 bridgehead atoms. The van der Waals surface area contributed by atoms with E-state index < -0.39 is 0 Å². The minimum Gasteiger partial charge on any atom is -0.334 e. The third kappa shape index (κ3) is 2.92. The monoisotopic (exact) mass is 273 g/mol. The molecule has 92 valence electrons. The maximum Gasteiger partial charge on any atom is 0.255 e. The van der Waals surface area contributed by atoms with E-state index in [0.717, 1.165) is 26.2 Å². The molecule has 5 heteroatoms. The second-order valence-electron chi connectivity index (χ2n) is 4.37. The van der Waals surface area contributed by atoms with E-state index in [4.69, 9.17) is 23.2 Å². The van der Waals surface area contributed by atoms with Gasteiger partial charge in [-0.2, -0.15) is 0 Å². The zero-order valence-electron chi connectivity index (χ0n) is 9.67. The molecule has 0 unspecified atom stereocenters. The average Bonchev–Trinajstić information content (AvgIpc) is 2.32. The quantitative estimate of drug-likeness (QED) is 0.810. The maximum atomic E-state index is 12.3. The molecule has 1 aliphatic rings. The fourth-order valence-electron chi connectivity index (χ4n) is 1.92. The van der Waals surface area contributed by atoms with Crippen LogP contribution < -0.4 is 4.90 Å². The van der Waals surface area contributed by atoms with E-state index in [2.05, 4.69) is 7.05 Å². The minimum atomic E-state index is -0.0231. The fraction of sp³-hybridized carbons (Fsp3) is 0.417. The molecule has 1 amide bonds. The van der Waals surface area contributed by atoms with Crippen molar-refractivity contribution in [2.75, 3.05) is 33.2 Å². The van der Waals surface area contributed by atoms with E-state index in [0.29, 0.717) is 15.6 Å². The van der Waals surface area contributed by atoms with E-state index in [1.807, 2.05) is 4.90 Å². The van der Waals surface area contributed by atoms with E-state index in [-0.39, 0.29) is 5.91 Å². The van der Waals surface area contributed by atoms with Crippen LogP contribution in [0, 0.1) is 0 Å². The van der Waals surface area contributed by atoms with Gasteiger partial charge in [-0.1, -0.05) is 23.2 Å². The van der Waals surface area contributed by atoms with Crippen molar-refractivity contribution in [2.24, 2.45) is 0 Å². The van der Waals surface area contributed by atoms with E-state index in [1.165, 1.54) is 4.90 Å². The van der Waals surface area contributed by atoms with Gasteiger partial charge >= 0.3 is 0 Å². The normalized spacial score (nSPS) is 17.2. The number of likely N-dealkylation sites (N-methyl/N-ethyl adjacent to an activating group) is 1. The van der Waals surface area contributed by atoms with Crippen molar-refractivity contribution in [3.63, 3.8) is 0 Å². The number of rotatable bonds is 1. The maximum absolute atomic E-state index is 12.3. The van der Waals surface area contributed by atoms with Crippen molar-refractivity contribution in [3.05, 3.63) is 33.8 Å². The minimum absolute atomic E-state index is 0.0231. The van der Waals surface area contributed by atoms with Crippen LogP contribution in [-0.2, 0) is 0 Å². The van der Waals surface area contributed by atoms with Crippen molar-refractivity contribution in [3.8, 4) is 0 Å². The van der Waals surface area contributed by atoms with Crippen LogP contribution >= 0.6 is 23.2 Å². The van der Waals surface area contributed by atoms with Gasteiger partial charge in [-0.15, -0.1) is 0 Å². The number of hydrogen-bond acceptors (Lipinski definition) is 1. The van der Waals surface area contributed by atoms with Crippen molar-refractivity contribution < 1.29 is 9.69 Å². The van der Waals surface area contributed by atoms with Crippen molar-refractivity contribution in [1.82, 2.24) is 4.90 Å². The molecule has 1 saturated heterocycles. The van der Waals surface area contributed by atoms with E-state index >= 15 is 0 Å². The van der Waals surface area contributed by atoms with Crippen molar-refractivity contribution in [1.29, 1.82) is 0 Å². The van der Waals surface area contributed by atoms with Crippen LogP contribution in [0.4, 0.5) is 0 Å². The van der Waals surface area contributed by atoms with Gasteiger partial charge in [-0.05, 0) is 18.2 Å². The summed E-state index contributed by atoms with van der Waals surface area (Å²) >= 11 is 11.9. The molecule has 1 N–H and O–H groups in total. The van der Waals surface area contributed by atoms with Crippen LogP contribution in [0.2, 0.25) is 10.0 Å². The summed E-state index contributed by atoms with van der Waals surface area (Å²) in [5.41, 5.74) is 0.499. The highest BCUT2D eigenvalue weighted by molar-refractivity contribution is 6.35. The molecule has 0 atom stereocenters. The topological polar surface area (TPSA) is 24.8 Å². The molecule has 1 fully saturated rings. The number of amides is 1. The van der Waals surface area contributed by atoms with Crippen molar-refractivity contribution in [2.45, 2.75) is 0 Å². The van der Waals surface area contributed by atoms with Gasteiger partial charge in [0.2, 0.25) is 0 Å². The lowest BCUT2D eigenvalue weighted by atomic mass is 10.2. The Labute approximate surface area is 111 Å². The first-order valence-electron chi connectivity index (χ1n) is 5.63. The highest BCUT2D eigenvalue weighted by Crippen LogP contribution is 2.22. The summed E-state index contributed by atoms with van der Waals surface area (Å²) in [6.45, 7) is 3.49. The van der Waals surface area contributed by atoms with Crippen LogP contribution in [0.1, 0.15) is 10.4 Å². The predicted molar refractivity (Wildman–Crippen MR) is 69.0 cm³/mol. The third-order valence-electron chi connectivity index (χ3n) is 3.06. The summed E-state index contributed by atoms with van der Waals surface area (Å²) in [5.74, 6) is -0.0231. The highest BCUT2D eigenvalue weighted by Gasteiger charge is 2.23. The van der Waals surface area contributed by atoms with Crippen LogP contribution in [0.15, 0.2) is 18.2 Å². The Kier molecular flexibility index (Phi) is 3.92. The standard InChI is InChI=1S/C12H14Cl2N2O/c1-15-4-6-16(7-5-15)12(17)10-8-9(13)2-3-11(10)14/h2-3,8H,4-7H2,1H3/p+1. The third-order valence-corrected chi connectivity index (χ3v) is 3.63. The Bertz CT molecular complexity index is 429. The molecule has 0 aliphatic carbocycles. The van der Waals surface area contributed by atoms with Gasteiger partial charge in [0.25, 0.3) is 5.91 Å². The molecule has 0 saturated carbocycles. The Morgan fingerprint density at radius 1 is 1.29 bits per heavy atom. The van der Waals surface area contributed by atoms with Gasteiger partial charge in [0.15, 0.2) is 0 Å². The first-order chi connectivity index (χ1) is 8.08. The summed E-state index contributed by atoms with van der Waals surface area (Å²) in [5, 5.41) is 1.00. The number of nitrogens with one attached hydrogen (secondary N) is 1. The molecule has 2 rings (SSSR count). The lowest BCUT2D eigenvalue weighted by molar-refractivity contribution is -0.883. The summed E-state index contributed by atoms with van der Waals surface area (Å²) < 4.78 is 0. The van der Waals surface area contributed by atoms with Crippen LogP contribution in [0.5, 0.6) is 0 Å². The summed E-state index contributed by atoms with van der Waals surface area (Å²) in [6, 6.07) is 4.99.